The van der Waals surface area contributed by atoms with E-state index in [-0.39, 0.29) is 18.5 Å². The second kappa shape index (κ2) is 12.8. The summed E-state index contributed by atoms with van der Waals surface area (Å²) in [4.78, 5) is 32.4. The number of rotatable bonds is 10. The average Bonchev–Trinajstić information content (AvgIpc) is 2.92. The quantitative estimate of drug-likeness (QED) is 0.290. The summed E-state index contributed by atoms with van der Waals surface area (Å²) in [5.41, 5.74) is 2.61. The van der Waals surface area contributed by atoms with Crippen LogP contribution in [-0.4, -0.2) is 70.9 Å². The van der Waals surface area contributed by atoms with Crippen molar-refractivity contribution in [2.24, 2.45) is 0 Å². The molecular weight excluding hydrogens is 530 g/mol. The zero-order valence-corrected chi connectivity index (χ0v) is 23.9. The first-order valence-electron chi connectivity index (χ1n) is 13.5. The van der Waals surface area contributed by atoms with Crippen molar-refractivity contribution in [3.63, 3.8) is 0 Å². The van der Waals surface area contributed by atoms with E-state index in [0.29, 0.717) is 41.5 Å². The molecule has 212 valence electrons. The van der Waals surface area contributed by atoms with Crippen LogP contribution in [0.2, 0.25) is 5.02 Å². The number of hydrogen-bond donors (Lipinski definition) is 3. The number of hydrogen-bond acceptors (Lipinski definition) is 6. The molecule has 0 bridgehead atoms. The minimum absolute atomic E-state index is 0.0477. The zero-order chi connectivity index (χ0) is 28.9. The molecule has 1 fully saturated rings. The Balaban J connectivity index is 1.73. The Kier molecular flexibility index (Phi) is 9.45. The van der Waals surface area contributed by atoms with Gasteiger partial charge in [0, 0.05) is 24.1 Å². The molecule has 1 saturated carbocycles. The summed E-state index contributed by atoms with van der Waals surface area (Å²) in [6, 6.07) is 16.7. The summed E-state index contributed by atoms with van der Waals surface area (Å²) < 4.78 is 5.99. The highest BCUT2D eigenvalue weighted by atomic mass is 35.5. The van der Waals surface area contributed by atoms with Crippen LogP contribution < -0.4 is 10.1 Å². The first-order chi connectivity index (χ1) is 19.1. The van der Waals surface area contributed by atoms with Crippen LogP contribution in [0.25, 0.3) is 22.4 Å². The number of nitrogens with one attached hydrogen (secondary N) is 1. The minimum Gasteiger partial charge on any atom is -0.492 e. The summed E-state index contributed by atoms with van der Waals surface area (Å²) in [7, 11) is 4.01. The van der Waals surface area contributed by atoms with Crippen LogP contribution in [0.4, 0.5) is 0 Å². The fourth-order valence-corrected chi connectivity index (χ4v) is 5.28. The van der Waals surface area contributed by atoms with Gasteiger partial charge >= 0.3 is 5.97 Å². The van der Waals surface area contributed by atoms with E-state index < -0.39 is 23.5 Å². The van der Waals surface area contributed by atoms with Gasteiger partial charge in [-0.1, -0.05) is 41.9 Å². The molecule has 0 unspecified atom stereocenters. The molecule has 1 aromatic heterocycles. The molecular formula is C31H36ClN3O5. The molecule has 1 amide bonds. The van der Waals surface area contributed by atoms with Gasteiger partial charge in [-0.05, 0) is 82.1 Å². The van der Waals surface area contributed by atoms with Gasteiger partial charge < -0.3 is 25.2 Å². The van der Waals surface area contributed by atoms with Crippen molar-refractivity contribution in [3.8, 4) is 28.1 Å². The van der Waals surface area contributed by atoms with E-state index in [1.807, 2.05) is 63.5 Å². The minimum atomic E-state index is -1.54. The predicted octanol–water partition coefficient (Wildman–Crippen LogP) is 5.20. The van der Waals surface area contributed by atoms with Crippen molar-refractivity contribution in [3.05, 3.63) is 70.9 Å². The fourth-order valence-electron chi connectivity index (χ4n) is 5.11. The first kappa shape index (κ1) is 29.5. The van der Waals surface area contributed by atoms with Crippen LogP contribution in [0.5, 0.6) is 5.75 Å². The Hall–Kier alpha value is -3.46. The van der Waals surface area contributed by atoms with Crippen LogP contribution in [0.1, 0.15) is 48.2 Å². The number of aliphatic carboxylic acids is 1. The molecule has 40 heavy (non-hydrogen) atoms. The lowest BCUT2D eigenvalue weighted by Crippen LogP contribution is -2.58. The number of ether oxygens (including phenoxy) is 1. The van der Waals surface area contributed by atoms with Crippen LogP contribution in [0.3, 0.4) is 0 Å². The number of pyridine rings is 1. The molecule has 3 aromatic rings. The van der Waals surface area contributed by atoms with Gasteiger partial charge in [-0.25, -0.2) is 9.78 Å². The highest BCUT2D eigenvalue weighted by Gasteiger charge is 2.44. The van der Waals surface area contributed by atoms with E-state index in [4.69, 9.17) is 21.3 Å². The van der Waals surface area contributed by atoms with Gasteiger partial charge in [0.15, 0.2) is 0 Å². The van der Waals surface area contributed by atoms with E-state index in [1.54, 1.807) is 12.1 Å². The number of carboxylic acids is 1. The largest absolute Gasteiger partial charge is 0.492 e. The van der Waals surface area contributed by atoms with Gasteiger partial charge in [-0.15, -0.1) is 0 Å². The molecule has 2 aromatic carbocycles. The van der Waals surface area contributed by atoms with E-state index >= 15 is 0 Å². The zero-order valence-electron chi connectivity index (χ0n) is 23.1. The molecule has 0 spiro atoms. The van der Waals surface area contributed by atoms with Crippen LogP contribution in [-0.2, 0) is 4.79 Å². The highest BCUT2D eigenvalue weighted by molar-refractivity contribution is 6.32. The molecule has 1 heterocycles. The number of aliphatic hydroxyl groups is 1. The third-order valence-corrected chi connectivity index (χ3v) is 7.57. The number of amides is 1. The molecule has 1 aliphatic carbocycles. The molecule has 0 radical (unpaired) electrons. The number of aryl methyl sites for hydroxylation is 1. The number of halogens is 1. The smallest absolute Gasteiger partial charge is 0.329 e. The number of carbonyl (C=O) groups excluding carboxylic acids is 1. The number of nitrogens with zero attached hydrogens (tertiary/aromatic N) is 2. The maximum Gasteiger partial charge on any atom is 0.329 e. The van der Waals surface area contributed by atoms with Crippen LogP contribution in [0.15, 0.2) is 54.6 Å². The van der Waals surface area contributed by atoms with Crippen molar-refractivity contribution in [1.82, 2.24) is 15.2 Å². The Labute approximate surface area is 240 Å². The van der Waals surface area contributed by atoms with E-state index in [2.05, 4.69) is 10.2 Å². The molecule has 9 heteroatoms. The fraction of sp³-hybridized carbons (Fsp3) is 0.387. The topological polar surface area (TPSA) is 112 Å². The molecule has 3 N–H and O–H groups in total. The Morgan fingerprint density at radius 1 is 1.15 bits per heavy atom. The van der Waals surface area contributed by atoms with E-state index in [9.17, 15) is 19.8 Å². The van der Waals surface area contributed by atoms with Crippen molar-refractivity contribution in [1.29, 1.82) is 0 Å². The van der Waals surface area contributed by atoms with E-state index in [1.165, 1.54) is 0 Å². The second-order valence-corrected chi connectivity index (χ2v) is 11.1. The molecule has 0 aliphatic heterocycles. The van der Waals surface area contributed by atoms with Gasteiger partial charge in [-0.2, -0.15) is 0 Å². The lowest BCUT2D eigenvalue weighted by Gasteiger charge is -2.36. The normalized spacial score (nSPS) is 18.9. The maximum atomic E-state index is 13.4. The number of carboxylic acid groups (broad SMARTS) is 1. The molecule has 4 rings (SSSR count). The second-order valence-electron chi connectivity index (χ2n) is 10.6. The Morgan fingerprint density at radius 3 is 2.62 bits per heavy atom. The summed E-state index contributed by atoms with van der Waals surface area (Å²) in [5.74, 6) is -1.25. The van der Waals surface area contributed by atoms with Crippen molar-refractivity contribution < 1.29 is 24.5 Å². The van der Waals surface area contributed by atoms with Crippen molar-refractivity contribution >= 4 is 23.5 Å². The highest BCUT2D eigenvalue weighted by Crippen LogP contribution is 2.37. The van der Waals surface area contributed by atoms with Gasteiger partial charge in [-0.3, -0.25) is 4.79 Å². The number of carbonyl (C=O) groups is 2. The third-order valence-electron chi connectivity index (χ3n) is 7.26. The number of aliphatic hydroxyl groups excluding tert-OH is 1. The first-order valence-corrected chi connectivity index (χ1v) is 13.9. The van der Waals surface area contributed by atoms with Crippen molar-refractivity contribution in [2.45, 2.75) is 50.7 Å². The van der Waals surface area contributed by atoms with Crippen molar-refractivity contribution in [2.75, 3.05) is 27.2 Å². The lowest BCUT2D eigenvalue weighted by molar-refractivity contribution is -0.147. The third kappa shape index (κ3) is 6.81. The van der Waals surface area contributed by atoms with E-state index in [0.717, 1.165) is 29.7 Å². The SMILES string of the molecule is Cc1ccccc1-c1ccc(C(=O)N[C@@]2(C(=O)O)CCC[C@H](O)C2)nc1-c1ccc(Cl)c(OCCCN(C)C)c1. The summed E-state index contributed by atoms with van der Waals surface area (Å²) in [6.07, 6.45) is 1.24. The number of benzene rings is 2. The molecule has 0 saturated heterocycles. The van der Waals surface area contributed by atoms with Crippen LogP contribution >= 0.6 is 11.6 Å². The van der Waals surface area contributed by atoms with Gasteiger partial charge in [0.1, 0.15) is 17.0 Å². The lowest BCUT2D eigenvalue weighted by atomic mass is 9.80. The van der Waals surface area contributed by atoms with Gasteiger partial charge in [0.05, 0.1) is 23.4 Å². The van der Waals surface area contributed by atoms with Gasteiger partial charge in [0.25, 0.3) is 5.91 Å². The molecule has 1 aliphatic rings. The average molecular weight is 566 g/mol. The standard InChI is InChI=1S/C31H36ClN3O5/c1-20-8-4-5-10-23(20)24-12-14-26(29(37)34-31(30(38)39)15-6-9-22(36)19-31)33-28(24)21-11-13-25(32)27(18-21)40-17-7-16-35(2)3/h4-5,8,10-14,18,22,36H,6-7,9,15-17,19H2,1-3H3,(H,34,37)(H,38,39)/t22-,31-/m0/s1. The maximum absolute atomic E-state index is 13.4. The summed E-state index contributed by atoms with van der Waals surface area (Å²) in [5, 5.41) is 23.3. The number of aromatic nitrogens is 1. The monoisotopic (exact) mass is 565 g/mol. The summed E-state index contributed by atoms with van der Waals surface area (Å²) >= 11 is 6.46. The Morgan fingerprint density at radius 2 is 1.93 bits per heavy atom. The predicted molar refractivity (Wildman–Crippen MR) is 156 cm³/mol. The molecule has 8 nitrogen and oxygen atoms in total. The van der Waals surface area contributed by atoms with Gasteiger partial charge in [0.2, 0.25) is 0 Å². The Bertz CT molecular complexity index is 1380. The molecule has 2 atom stereocenters. The summed E-state index contributed by atoms with van der Waals surface area (Å²) in [6.45, 7) is 3.37. The van der Waals surface area contributed by atoms with Crippen LogP contribution in [0, 0.1) is 6.92 Å².